The van der Waals surface area contributed by atoms with Gasteiger partial charge in [0.05, 0.1) is 11.0 Å². The lowest BCUT2D eigenvalue weighted by Gasteiger charge is -2.06. The standard InChI is InChI=1S/C11H12BrN3/c12-7-1-2-8-9(5-7)15-10(14-8)11(6-13)3-4-11/h1-2,5H,3-4,6,13H2,(H,14,15). The van der Waals surface area contributed by atoms with Gasteiger partial charge in [-0.05, 0) is 31.0 Å². The maximum absolute atomic E-state index is 5.78. The Bertz CT molecular complexity index is 514. The molecule has 1 aliphatic carbocycles. The average Bonchev–Trinajstić information content (AvgIpc) is 2.93. The van der Waals surface area contributed by atoms with Crippen LogP contribution in [0.1, 0.15) is 18.7 Å². The van der Waals surface area contributed by atoms with E-state index < -0.39 is 0 Å². The second-order valence-electron chi connectivity index (χ2n) is 4.23. The molecule has 0 amide bonds. The fourth-order valence-corrected chi connectivity index (χ4v) is 2.28. The van der Waals surface area contributed by atoms with E-state index in [0.29, 0.717) is 6.54 Å². The number of rotatable bonds is 2. The molecule has 0 saturated heterocycles. The van der Waals surface area contributed by atoms with Gasteiger partial charge >= 0.3 is 0 Å². The molecule has 3 N–H and O–H groups in total. The van der Waals surface area contributed by atoms with Crippen LogP contribution in [0.2, 0.25) is 0 Å². The first-order valence-corrected chi connectivity index (χ1v) is 5.89. The number of halogens is 1. The number of imidazole rings is 1. The summed E-state index contributed by atoms with van der Waals surface area (Å²) in [5, 5.41) is 0. The third kappa shape index (κ3) is 1.40. The van der Waals surface area contributed by atoms with Crippen LogP contribution in [-0.4, -0.2) is 16.5 Å². The number of hydrogen-bond donors (Lipinski definition) is 2. The van der Waals surface area contributed by atoms with Crippen LogP contribution in [0.25, 0.3) is 11.0 Å². The van der Waals surface area contributed by atoms with Crippen LogP contribution in [-0.2, 0) is 5.41 Å². The van der Waals surface area contributed by atoms with Crippen molar-refractivity contribution in [2.45, 2.75) is 18.3 Å². The first-order valence-electron chi connectivity index (χ1n) is 5.09. The van der Waals surface area contributed by atoms with Gasteiger partial charge in [-0.3, -0.25) is 0 Å². The van der Waals surface area contributed by atoms with Crippen molar-refractivity contribution in [3.8, 4) is 0 Å². The summed E-state index contributed by atoms with van der Waals surface area (Å²) in [4.78, 5) is 7.97. The molecule has 1 aliphatic rings. The molecule has 15 heavy (non-hydrogen) atoms. The van der Waals surface area contributed by atoms with Crippen LogP contribution in [0.5, 0.6) is 0 Å². The highest BCUT2D eigenvalue weighted by atomic mass is 79.9. The molecular weight excluding hydrogens is 254 g/mol. The largest absolute Gasteiger partial charge is 0.341 e. The van der Waals surface area contributed by atoms with Gasteiger partial charge in [0.2, 0.25) is 0 Å². The van der Waals surface area contributed by atoms with Crippen LogP contribution < -0.4 is 5.73 Å². The van der Waals surface area contributed by atoms with Crippen molar-refractivity contribution in [1.82, 2.24) is 9.97 Å². The Balaban J connectivity index is 2.14. The number of aromatic nitrogens is 2. The highest BCUT2D eigenvalue weighted by molar-refractivity contribution is 9.10. The Morgan fingerprint density at radius 3 is 2.93 bits per heavy atom. The lowest BCUT2D eigenvalue weighted by molar-refractivity contribution is 0.662. The summed E-state index contributed by atoms with van der Waals surface area (Å²) in [5.74, 6) is 1.05. The van der Waals surface area contributed by atoms with Crippen LogP contribution in [0, 0.1) is 0 Å². The molecule has 1 saturated carbocycles. The first kappa shape index (κ1) is 9.36. The fourth-order valence-electron chi connectivity index (χ4n) is 1.92. The summed E-state index contributed by atoms with van der Waals surface area (Å²) in [6, 6.07) is 6.08. The minimum atomic E-state index is 0.144. The maximum atomic E-state index is 5.78. The first-order chi connectivity index (χ1) is 7.23. The molecule has 1 fully saturated rings. The minimum absolute atomic E-state index is 0.144. The summed E-state index contributed by atoms with van der Waals surface area (Å²) in [7, 11) is 0. The van der Waals surface area contributed by atoms with E-state index in [9.17, 15) is 0 Å². The molecule has 0 spiro atoms. The van der Waals surface area contributed by atoms with Crippen molar-refractivity contribution in [1.29, 1.82) is 0 Å². The van der Waals surface area contributed by atoms with E-state index in [4.69, 9.17) is 5.73 Å². The number of benzene rings is 1. The topological polar surface area (TPSA) is 54.7 Å². The normalized spacial score (nSPS) is 18.3. The number of nitrogens with one attached hydrogen (secondary N) is 1. The molecule has 0 radical (unpaired) electrons. The molecule has 2 aromatic rings. The van der Waals surface area contributed by atoms with Crippen molar-refractivity contribution < 1.29 is 0 Å². The van der Waals surface area contributed by atoms with E-state index in [-0.39, 0.29) is 5.41 Å². The van der Waals surface area contributed by atoms with Gasteiger partial charge in [-0.15, -0.1) is 0 Å². The van der Waals surface area contributed by atoms with Crippen molar-refractivity contribution in [3.05, 3.63) is 28.5 Å². The summed E-state index contributed by atoms with van der Waals surface area (Å²) in [6.07, 6.45) is 2.31. The van der Waals surface area contributed by atoms with Crippen LogP contribution in [0.4, 0.5) is 0 Å². The van der Waals surface area contributed by atoms with Gasteiger partial charge in [-0.2, -0.15) is 0 Å². The van der Waals surface area contributed by atoms with Crippen LogP contribution >= 0.6 is 15.9 Å². The Kier molecular flexibility index (Phi) is 1.91. The van der Waals surface area contributed by atoms with Gasteiger partial charge in [-0.1, -0.05) is 15.9 Å². The van der Waals surface area contributed by atoms with Crippen molar-refractivity contribution in [3.63, 3.8) is 0 Å². The van der Waals surface area contributed by atoms with E-state index in [1.54, 1.807) is 0 Å². The maximum Gasteiger partial charge on any atom is 0.114 e. The zero-order chi connectivity index (χ0) is 10.5. The Morgan fingerprint density at radius 1 is 1.47 bits per heavy atom. The number of aromatic amines is 1. The molecule has 3 rings (SSSR count). The predicted octanol–water partition coefficient (Wildman–Crippen LogP) is 2.32. The van der Waals surface area contributed by atoms with E-state index in [1.165, 1.54) is 0 Å². The van der Waals surface area contributed by atoms with Gasteiger partial charge in [0.1, 0.15) is 5.82 Å². The molecule has 1 aromatic heterocycles. The number of fused-ring (bicyclic) bond motifs is 1. The van der Waals surface area contributed by atoms with Gasteiger partial charge in [-0.25, -0.2) is 4.98 Å². The third-order valence-corrected chi connectivity index (χ3v) is 3.68. The number of hydrogen-bond acceptors (Lipinski definition) is 2. The summed E-state index contributed by atoms with van der Waals surface area (Å²) in [6.45, 7) is 0.688. The highest BCUT2D eigenvalue weighted by Gasteiger charge is 2.45. The number of nitrogens with two attached hydrogens (primary N) is 1. The van der Waals surface area contributed by atoms with Crippen molar-refractivity contribution >= 4 is 27.0 Å². The Hall–Kier alpha value is -0.870. The molecule has 1 aromatic carbocycles. The summed E-state index contributed by atoms with van der Waals surface area (Å²) < 4.78 is 1.07. The summed E-state index contributed by atoms with van der Waals surface area (Å²) in [5.41, 5.74) is 8.03. The SMILES string of the molecule is NCC1(c2nc3ccc(Br)cc3[nH]2)CC1. The molecule has 3 nitrogen and oxygen atoms in total. The molecule has 0 aliphatic heterocycles. The monoisotopic (exact) mass is 265 g/mol. The van der Waals surface area contributed by atoms with Gasteiger partial charge in [0, 0.05) is 16.4 Å². The number of H-pyrrole nitrogens is 1. The van der Waals surface area contributed by atoms with Crippen molar-refractivity contribution in [2.75, 3.05) is 6.54 Å². The molecule has 1 heterocycles. The second kappa shape index (κ2) is 3.06. The molecule has 78 valence electrons. The van der Waals surface area contributed by atoms with Crippen LogP contribution in [0.15, 0.2) is 22.7 Å². The van der Waals surface area contributed by atoms with E-state index in [1.807, 2.05) is 12.1 Å². The minimum Gasteiger partial charge on any atom is -0.341 e. The zero-order valence-corrected chi connectivity index (χ0v) is 9.84. The van der Waals surface area contributed by atoms with Crippen LogP contribution in [0.3, 0.4) is 0 Å². The predicted molar refractivity (Wildman–Crippen MR) is 63.8 cm³/mol. The molecule has 0 atom stereocenters. The van der Waals surface area contributed by atoms with E-state index in [2.05, 4.69) is 32.0 Å². The van der Waals surface area contributed by atoms with Gasteiger partial charge in [0.15, 0.2) is 0 Å². The van der Waals surface area contributed by atoms with Gasteiger partial charge < -0.3 is 10.7 Å². The Morgan fingerprint density at radius 2 is 2.27 bits per heavy atom. The average molecular weight is 266 g/mol. The third-order valence-electron chi connectivity index (χ3n) is 3.19. The van der Waals surface area contributed by atoms with Gasteiger partial charge in [0.25, 0.3) is 0 Å². The Labute approximate surface area is 96.2 Å². The van der Waals surface area contributed by atoms with E-state index in [0.717, 1.165) is 34.2 Å². The van der Waals surface area contributed by atoms with E-state index >= 15 is 0 Å². The fraction of sp³-hybridized carbons (Fsp3) is 0.364. The quantitative estimate of drug-likeness (QED) is 0.876. The molecule has 0 bridgehead atoms. The highest BCUT2D eigenvalue weighted by Crippen LogP contribution is 2.46. The van der Waals surface area contributed by atoms with Crippen molar-refractivity contribution in [2.24, 2.45) is 5.73 Å². The lowest BCUT2D eigenvalue weighted by atomic mass is 10.1. The second-order valence-corrected chi connectivity index (χ2v) is 5.15. The molecule has 4 heteroatoms. The number of nitrogens with zero attached hydrogens (tertiary/aromatic N) is 1. The summed E-state index contributed by atoms with van der Waals surface area (Å²) >= 11 is 3.45. The molecule has 0 unspecified atom stereocenters. The lowest BCUT2D eigenvalue weighted by Crippen LogP contribution is -2.20. The smallest absolute Gasteiger partial charge is 0.114 e. The molecular formula is C11H12BrN3. The zero-order valence-electron chi connectivity index (χ0n) is 8.26.